The average Bonchev–Trinajstić information content (AvgIpc) is 2.49. The lowest BCUT2D eigenvalue weighted by atomic mass is 10.2. The van der Waals surface area contributed by atoms with E-state index < -0.39 is 5.97 Å². The molecule has 0 radical (unpaired) electrons. The van der Waals surface area contributed by atoms with E-state index in [1.54, 1.807) is 13.8 Å². The Morgan fingerprint density at radius 3 is 1.48 bits per heavy atom. The number of aliphatic hydroxyl groups excluding tert-OH is 1. The fraction of sp³-hybridized carbons (Fsp3) is 0.619. The Balaban J connectivity index is -0.000000115. The molecule has 0 unspecified atom stereocenters. The first-order valence-corrected chi connectivity index (χ1v) is 8.98. The summed E-state index contributed by atoms with van der Waals surface area (Å²) in [5, 5.41) is 15.5. The van der Waals surface area contributed by atoms with Crippen molar-refractivity contribution in [1.82, 2.24) is 0 Å². The van der Waals surface area contributed by atoms with Gasteiger partial charge in [0.25, 0.3) is 5.97 Å². The van der Waals surface area contributed by atoms with Crippen molar-refractivity contribution in [2.75, 3.05) is 0 Å². The van der Waals surface area contributed by atoms with E-state index in [-0.39, 0.29) is 6.10 Å². The number of carboxylic acid groups (broad SMARTS) is 1. The SMILES string of the molecule is CC(=O)O.CC(C)O.CC=O.CCCCCCC.Cc1ccccc1. The minimum atomic E-state index is -0.833. The van der Waals surface area contributed by atoms with E-state index >= 15 is 0 Å². The number of hydrogen-bond donors (Lipinski definition) is 2. The third-order valence-electron chi connectivity index (χ3n) is 2.15. The van der Waals surface area contributed by atoms with Crippen LogP contribution in [0.25, 0.3) is 0 Å². The summed E-state index contributed by atoms with van der Waals surface area (Å²) in [4.78, 5) is 17.8. The fourth-order valence-corrected chi connectivity index (χ4v) is 1.21. The standard InChI is InChI=1S/C7H8.C7H16.C3H8O.C2H4O2.C2H4O/c1-7-5-3-2-4-6-7;1-3-5-7-6-4-2;1-3(2)4;1-2(3)4;1-2-3/h2-6H,1H3;3-7H2,1-2H3;3-4H,1-2H3;1H3,(H,3,4);2H,1H3. The van der Waals surface area contributed by atoms with Crippen LogP contribution < -0.4 is 0 Å². The lowest BCUT2D eigenvalue weighted by molar-refractivity contribution is -0.134. The van der Waals surface area contributed by atoms with Crippen LogP contribution in [0.5, 0.6) is 0 Å². The van der Waals surface area contributed by atoms with Gasteiger partial charge >= 0.3 is 0 Å². The van der Waals surface area contributed by atoms with Gasteiger partial charge in [-0.2, -0.15) is 0 Å². The van der Waals surface area contributed by atoms with Crippen LogP contribution in [0.2, 0.25) is 0 Å². The number of aryl methyl sites for hydroxylation is 1. The molecule has 0 bridgehead atoms. The number of aliphatic hydroxyl groups is 1. The van der Waals surface area contributed by atoms with Crippen LogP contribution in [-0.4, -0.2) is 28.6 Å². The minimum absolute atomic E-state index is 0.167. The van der Waals surface area contributed by atoms with Crippen LogP contribution in [-0.2, 0) is 9.59 Å². The maximum absolute atomic E-state index is 9.00. The highest BCUT2D eigenvalue weighted by Gasteiger charge is 1.80. The lowest BCUT2D eigenvalue weighted by Crippen LogP contribution is -1.85. The Morgan fingerprint density at radius 1 is 1.04 bits per heavy atom. The molecular weight excluding hydrogens is 316 g/mol. The maximum Gasteiger partial charge on any atom is 0.300 e. The number of aliphatic carboxylic acids is 1. The van der Waals surface area contributed by atoms with E-state index in [9.17, 15) is 0 Å². The van der Waals surface area contributed by atoms with E-state index in [4.69, 9.17) is 19.8 Å². The second-order valence-electron chi connectivity index (χ2n) is 5.56. The average molecular weight is 357 g/mol. The highest BCUT2D eigenvalue weighted by atomic mass is 16.4. The number of rotatable bonds is 4. The summed E-state index contributed by atoms with van der Waals surface area (Å²) in [6.45, 7) is 12.5. The van der Waals surface area contributed by atoms with Gasteiger partial charge in [0.2, 0.25) is 0 Å². The molecule has 0 heterocycles. The Bertz CT molecular complexity index is 337. The van der Waals surface area contributed by atoms with Gasteiger partial charge < -0.3 is 15.0 Å². The van der Waals surface area contributed by atoms with Crippen molar-refractivity contribution in [1.29, 1.82) is 0 Å². The Kier molecular flexibility index (Phi) is 37.6. The summed E-state index contributed by atoms with van der Waals surface area (Å²) in [5.41, 5.74) is 1.32. The summed E-state index contributed by atoms with van der Waals surface area (Å²) in [6.07, 6.45) is 7.59. The van der Waals surface area contributed by atoms with E-state index in [0.29, 0.717) is 0 Å². The molecule has 0 spiro atoms. The van der Waals surface area contributed by atoms with E-state index in [1.807, 2.05) is 18.2 Å². The molecule has 0 saturated heterocycles. The molecule has 25 heavy (non-hydrogen) atoms. The molecule has 1 aromatic rings. The van der Waals surface area contributed by atoms with Gasteiger partial charge in [-0.1, -0.05) is 81.8 Å². The molecule has 1 aromatic carbocycles. The summed E-state index contributed by atoms with van der Waals surface area (Å²) in [6, 6.07) is 10.3. The van der Waals surface area contributed by atoms with E-state index in [0.717, 1.165) is 13.2 Å². The van der Waals surface area contributed by atoms with Gasteiger partial charge in [-0.05, 0) is 27.7 Å². The van der Waals surface area contributed by atoms with Crippen molar-refractivity contribution in [2.24, 2.45) is 0 Å². The Hall–Kier alpha value is -1.68. The van der Waals surface area contributed by atoms with Gasteiger partial charge in [-0.3, -0.25) is 4.79 Å². The van der Waals surface area contributed by atoms with Gasteiger partial charge in [-0.25, -0.2) is 0 Å². The fourth-order valence-electron chi connectivity index (χ4n) is 1.21. The number of carbonyl (C=O) groups is 2. The van der Waals surface area contributed by atoms with Crippen LogP contribution in [0.4, 0.5) is 0 Å². The summed E-state index contributed by atoms with van der Waals surface area (Å²) < 4.78 is 0. The van der Waals surface area contributed by atoms with Gasteiger partial charge in [0.15, 0.2) is 0 Å². The second kappa shape index (κ2) is 30.2. The zero-order chi connectivity index (χ0) is 20.5. The maximum atomic E-state index is 9.00. The Morgan fingerprint density at radius 2 is 1.32 bits per heavy atom. The zero-order valence-electron chi connectivity index (χ0n) is 17.3. The molecule has 148 valence electrons. The quantitative estimate of drug-likeness (QED) is 0.539. The first-order valence-electron chi connectivity index (χ1n) is 8.98. The van der Waals surface area contributed by atoms with Gasteiger partial charge in [0, 0.05) is 13.0 Å². The van der Waals surface area contributed by atoms with E-state index in [1.165, 1.54) is 44.6 Å². The topological polar surface area (TPSA) is 74.6 Å². The normalized spacial score (nSPS) is 8.04. The molecule has 0 aliphatic rings. The third kappa shape index (κ3) is 86.5. The summed E-state index contributed by atoms with van der Waals surface area (Å²) in [5.74, 6) is -0.833. The number of carboxylic acids is 1. The minimum Gasteiger partial charge on any atom is -0.481 e. The molecule has 1 rings (SSSR count). The molecule has 4 nitrogen and oxygen atoms in total. The summed E-state index contributed by atoms with van der Waals surface area (Å²) >= 11 is 0. The largest absolute Gasteiger partial charge is 0.481 e. The molecule has 4 heteroatoms. The lowest BCUT2D eigenvalue weighted by Gasteiger charge is -1.90. The van der Waals surface area contributed by atoms with E-state index in [2.05, 4.69) is 32.9 Å². The molecule has 0 saturated carbocycles. The van der Waals surface area contributed by atoms with Crippen LogP contribution >= 0.6 is 0 Å². The van der Waals surface area contributed by atoms with Gasteiger partial charge in [0.1, 0.15) is 6.29 Å². The molecule has 0 aliphatic carbocycles. The van der Waals surface area contributed by atoms with Crippen molar-refractivity contribution >= 4 is 12.3 Å². The van der Waals surface area contributed by atoms with Crippen molar-refractivity contribution in [3.63, 3.8) is 0 Å². The molecule has 2 N–H and O–H groups in total. The van der Waals surface area contributed by atoms with Crippen LogP contribution in [0.1, 0.15) is 79.2 Å². The predicted molar refractivity (Wildman–Crippen MR) is 108 cm³/mol. The highest BCUT2D eigenvalue weighted by Crippen LogP contribution is 2.00. The summed E-state index contributed by atoms with van der Waals surface area (Å²) in [7, 11) is 0. The number of hydrogen-bond acceptors (Lipinski definition) is 3. The molecule has 0 aromatic heterocycles. The number of unbranched alkanes of at least 4 members (excludes halogenated alkanes) is 4. The molecular formula is C21H40O4. The van der Waals surface area contributed by atoms with Crippen LogP contribution in [0.15, 0.2) is 30.3 Å². The third-order valence-corrected chi connectivity index (χ3v) is 2.15. The molecule has 0 atom stereocenters. The van der Waals surface area contributed by atoms with Crippen molar-refractivity contribution < 1.29 is 19.8 Å². The number of aldehydes is 1. The van der Waals surface area contributed by atoms with Crippen molar-refractivity contribution in [3.05, 3.63) is 35.9 Å². The monoisotopic (exact) mass is 356 g/mol. The molecule has 0 amide bonds. The predicted octanol–water partition coefficient (Wildman–Crippen LogP) is 5.65. The van der Waals surface area contributed by atoms with Crippen LogP contribution in [0, 0.1) is 6.92 Å². The van der Waals surface area contributed by atoms with Crippen molar-refractivity contribution in [3.8, 4) is 0 Å². The number of benzene rings is 1. The van der Waals surface area contributed by atoms with Crippen molar-refractivity contribution in [2.45, 2.75) is 86.7 Å². The Labute approximate surface area is 155 Å². The first kappa shape index (κ1) is 31.1. The second-order valence-corrected chi connectivity index (χ2v) is 5.56. The first-order chi connectivity index (χ1) is 11.7. The van der Waals surface area contributed by atoms with Gasteiger partial charge in [0.05, 0.1) is 0 Å². The van der Waals surface area contributed by atoms with Gasteiger partial charge in [-0.15, -0.1) is 0 Å². The highest BCUT2D eigenvalue weighted by molar-refractivity contribution is 5.62. The van der Waals surface area contributed by atoms with Crippen LogP contribution in [0.3, 0.4) is 0 Å². The smallest absolute Gasteiger partial charge is 0.300 e. The zero-order valence-corrected chi connectivity index (χ0v) is 17.3. The number of carbonyl (C=O) groups excluding carboxylic acids is 1. The molecule has 0 aliphatic heterocycles. The molecule has 0 fully saturated rings.